The number of aliphatic carboxylic acids is 1. The van der Waals surface area contributed by atoms with Gasteiger partial charge in [-0.15, -0.1) is 0 Å². The molecule has 2 rings (SSSR count). The lowest BCUT2D eigenvalue weighted by atomic mass is 9.87. The molecule has 2 amide bonds. The van der Waals surface area contributed by atoms with E-state index in [1.807, 2.05) is 0 Å². The molecule has 1 saturated heterocycles. The lowest BCUT2D eigenvalue weighted by Crippen LogP contribution is -2.48. The molecule has 1 heterocycles. The second kappa shape index (κ2) is 8.92. The number of rotatable bonds is 6. The molecule has 0 aliphatic carbocycles. The number of urea groups is 1. The maximum Gasteiger partial charge on any atom is 0.315 e. The van der Waals surface area contributed by atoms with Crippen molar-refractivity contribution in [3.8, 4) is 0 Å². The number of nitrogens with zero attached hydrogens (tertiary/aromatic N) is 1. The van der Waals surface area contributed by atoms with Gasteiger partial charge in [-0.3, -0.25) is 4.79 Å². The van der Waals surface area contributed by atoms with Crippen LogP contribution in [0.3, 0.4) is 0 Å². The van der Waals surface area contributed by atoms with E-state index >= 15 is 0 Å². The Hall–Kier alpha value is -2.24. The first-order valence-electron chi connectivity index (χ1n) is 9.37. The van der Waals surface area contributed by atoms with Gasteiger partial charge in [-0.2, -0.15) is 0 Å². The molecule has 0 bridgehead atoms. The van der Waals surface area contributed by atoms with Gasteiger partial charge in [0.1, 0.15) is 0 Å². The molecule has 0 aromatic heterocycles. The molecule has 3 N–H and O–H groups in total. The van der Waals surface area contributed by atoms with Crippen molar-refractivity contribution in [3.05, 3.63) is 29.8 Å². The molecule has 1 aromatic carbocycles. The minimum absolute atomic E-state index is 0.0761. The van der Waals surface area contributed by atoms with Crippen LogP contribution in [0.25, 0.3) is 0 Å². The average Bonchev–Trinajstić information content (AvgIpc) is 2.59. The predicted molar refractivity (Wildman–Crippen MR) is 104 cm³/mol. The summed E-state index contributed by atoms with van der Waals surface area (Å²) in [6, 6.07) is 8.73. The molecule has 1 fully saturated rings. The quantitative estimate of drug-likeness (QED) is 0.680. The van der Waals surface area contributed by atoms with E-state index in [4.69, 9.17) is 5.11 Å². The number of carboxylic acid groups (broad SMARTS) is 1. The summed E-state index contributed by atoms with van der Waals surface area (Å²) in [5.74, 6) is -0.838. The van der Waals surface area contributed by atoms with Crippen LogP contribution in [0.1, 0.15) is 52.0 Å². The van der Waals surface area contributed by atoms with Crippen molar-refractivity contribution in [1.29, 1.82) is 0 Å². The number of hydrogen-bond acceptors (Lipinski definition) is 3. The van der Waals surface area contributed by atoms with Crippen LogP contribution in [0.2, 0.25) is 0 Å². The molecule has 0 spiro atoms. The van der Waals surface area contributed by atoms with Gasteiger partial charge in [-0.1, -0.05) is 32.9 Å². The van der Waals surface area contributed by atoms with Crippen LogP contribution in [-0.4, -0.2) is 42.8 Å². The molecule has 1 aromatic rings. The second-order valence-electron chi connectivity index (χ2n) is 7.96. The highest BCUT2D eigenvalue weighted by atomic mass is 16.4. The normalized spacial score (nSPS) is 15.6. The van der Waals surface area contributed by atoms with Gasteiger partial charge in [0.15, 0.2) is 0 Å². The maximum atomic E-state index is 11.9. The summed E-state index contributed by atoms with van der Waals surface area (Å²) >= 11 is 0. The van der Waals surface area contributed by atoms with Crippen LogP contribution < -0.4 is 15.5 Å². The van der Waals surface area contributed by atoms with Gasteiger partial charge >= 0.3 is 12.0 Å². The van der Waals surface area contributed by atoms with Crippen LogP contribution in [0.4, 0.5) is 10.5 Å². The number of anilines is 1. The van der Waals surface area contributed by atoms with Crippen molar-refractivity contribution >= 4 is 17.7 Å². The van der Waals surface area contributed by atoms with E-state index in [0.717, 1.165) is 25.9 Å². The largest absolute Gasteiger partial charge is 0.481 e. The molecule has 0 unspecified atom stereocenters. The third-order valence-corrected chi connectivity index (χ3v) is 4.78. The molecule has 0 radical (unpaired) electrons. The molecule has 26 heavy (non-hydrogen) atoms. The summed E-state index contributed by atoms with van der Waals surface area (Å²) in [6.45, 7) is 8.86. The predicted octanol–water partition coefficient (Wildman–Crippen LogP) is 3.12. The minimum Gasteiger partial charge on any atom is -0.481 e. The van der Waals surface area contributed by atoms with Crippen molar-refractivity contribution in [2.75, 3.05) is 24.5 Å². The smallest absolute Gasteiger partial charge is 0.315 e. The summed E-state index contributed by atoms with van der Waals surface area (Å²) in [5, 5.41) is 14.3. The van der Waals surface area contributed by atoms with Crippen molar-refractivity contribution in [2.45, 2.75) is 57.9 Å². The number of hydrogen-bond donors (Lipinski definition) is 3. The zero-order valence-corrected chi connectivity index (χ0v) is 16.0. The number of carbonyl (C=O) groups excluding carboxylic acids is 1. The van der Waals surface area contributed by atoms with Gasteiger partial charge in [0.25, 0.3) is 0 Å². The van der Waals surface area contributed by atoms with Gasteiger partial charge in [0.05, 0.1) is 0 Å². The first-order valence-corrected chi connectivity index (χ1v) is 9.37. The fourth-order valence-corrected chi connectivity index (χ4v) is 3.13. The maximum absolute atomic E-state index is 11.9. The number of nitrogens with one attached hydrogen (secondary N) is 2. The van der Waals surface area contributed by atoms with E-state index in [1.54, 1.807) is 0 Å². The summed E-state index contributed by atoms with van der Waals surface area (Å²) in [6.07, 6.45) is 2.34. The lowest BCUT2D eigenvalue weighted by Gasteiger charge is -2.34. The molecule has 1 aliphatic rings. The number of benzene rings is 1. The monoisotopic (exact) mass is 361 g/mol. The minimum atomic E-state index is -0.838. The number of amides is 2. The SMILES string of the molecule is CC(C)(C)c1ccc(N2CCC(NC(=O)NCCCC(=O)O)CC2)cc1. The topological polar surface area (TPSA) is 81.7 Å². The Kier molecular flexibility index (Phi) is 6.89. The van der Waals surface area contributed by atoms with Crippen molar-refractivity contribution in [1.82, 2.24) is 10.6 Å². The second-order valence-corrected chi connectivity index (χ2v) is 7.96. The average molecular weight is 361 g/mol. The van der Waals surface area contributed by atoms with E-state index in [0.29, 0.717) is 13.0 Å². The molecule has 6 nitrogen and oxygen atoms in total. The van der Waals surface area contributed by atoms with E-state index in [2.05, 4.69) is 60.6 Å². The Balaban J connectivity index is 1.73. The Morgan fingerprint density at radius 3 is 2.31 bits per heavy atom. The third kappa shape index (κ3) is 6.24. The Labute approximate surface area is 156 Å². The molecule has 0 saturated carbocycles. The van der Waals surface area contributed by atoms with Gasteiger partial charge in [-0.05, 0) is 42.4 Å². The van der Waals surface area contributed by atoms with Crippen molar-refractivity contribution < 1.29 is 14.7 Å². The van der Waals surface area contributed by atoms with Crippen LogP contribution in [0.5, 0.6) is 0 Å². The van der Waals surface area contributed by atoms with Gasteiger partial charge < -0.3 is 20.6 Å². The van der Waals surface area contributed by atoms with E-state index < -0.39 is 5.97 Å². The fourth-order valence-electron chi connectivity index (χ4n) is 3.13. The Morgan fingerprint density at radius 1 is 1.15 bits per heavy atom. The first-order chi connectivity index (χ1) is 12.3. The third-order valence-electron chi connectivity index (χ3n) is 4.78. The summed E-state index contributed by atoms with van der Waals surface area (Å²) in [4.78, 5) is 24.7. The fraction of sp³-hybridized carbons (Fsp3) is 0.600. The molecule has 6 heteroatoms. The van der Waals surface area contributed by atoms with E-state index in [-0.39, 0.29) is 23.9 Å². The summed E-state index contributed by atoms with van der Waals surface area (Å²) < 4.78 is 0. The van der Waals surface area contributed by atoms with Crippen LogP contribution in [0, 0.1) is 0 Å². The lowest BCUT2D eigenvalue weighted by molar-refractivity contribution is -0.137. The van der Waals surface area contributed by atoms with Crippen molar-refractivity contribution in [2.24, 2.45) is 0 Å². The van der Waals surface area contributed by atoms with Gasteiger partial charge in [0, 0.05) is 37.8 Å². The molecular formula is C20H31N3O3. The highest BCUT2D eigenvalue weighted by Crippen LogP contribution is 2.26. The Morgan fingerprint density at radius 2 is 1.77 bits per heavy atom. The van der Waals surface area contributed by atoms with Gasteiger partial charge in [-0.25, -0.2) is 4.79 Å². The molecule has 144 valence electrons. The number of carboxylic acids is 1. The number of carbonyl (C=O) groups is 2. The van der Waals surface area contributed by atoms with Crippen LogP contribution in [-0.2, 0) is 10.2 Å². The van der Waals surface area contributed by atoms with Crippen molar-refractivity contribution in [3.63, 3.8) is 0 Å². The zero-order chi connectivity index (χ0) is 19.2. The van der Waals surface area contributed by atoms with E-state index in [1.165, 1.54) is 11.3 Å². The standard InChI is InChI=1S/C20H31N3O3/c1-20(2,3)15-6-8-17(9-7-15)23-13-10-16(11-14-23)22-19(26)21-12-4-5-18(24)25/h6-9,16H,4-5,10-14H2,1-3H3,(H,24,25)(H2,21,22,26). The molecule has 1 aliphatic heterocycles. The Bertz CT molecular complexity index is 600. The number of piperidine rings is 1. The summed E-state index contributed by atoms with van der Waals surface area (Å²) in [5.41, 5.74) is 2.72. The summed E-state index contributed by atoms with van der Waals surface area (Å²) in [7, 11) is 0. The molecule has 0 atom stereocenters. The highest BCUT2D eigenvalue weighted by Gasteiger charge is 2.21. The molecular weight excluding hydrogens is 330 g/mol. The van der Waals surface area contributed by atoms with Crippen LogP contribution >= 0.6 is 0 Å². The van der Waals surface area contributed by atoms with Crippen LogP contribution in [0.15, 0.2) is 24.3 Å². The van der Waals surface area contributed by atoms with Gasteiger partial charge in [0.2, 0.25) is 0 Å². The van der Waals surface area contributed by atoms with E-state index in [9.17, 15) is 9.59 Å². The zero-order valence-electron chi connectivity index (χ0n) is 16.0. The first kappa shape index (κ1) is 20.1. The highest BCUT2D eigenvalue weighted by molar-refractivity contribution is 5.74.